The molecule has 0 aromatic heterocycles. The monoisotopic (exact) mass is 398 g/mol. The predicted octanol–water partition coefficient (Wildman–Crippen LogP) is 6.16. The summed E-state index contributed by atoms with van der Waals surface area (Å²) in [4.78, 5) is 0. The van der Waals surface area contributed by atoms with Crippen LogP contribution in [0, 0.1) is 24.7 Å². The zero-order chi connectivity index (χ0) is 21.6. The van der Waals surface area contributed by atoms with Gasteiger partial charge in [0.1, 0.15) is 0 Å². The van der Waals surface area contributed by atoms with Gasteiger partial charge in [0.2, 0.25) is 0 Å². The van der Waals surface area contributed by atoms with E-state index in [0.717, 1.165) is 22.3 Å². The van der Waals surface area contributed by atoms with Crippen molar-refractivity contribution >= 4 is 0 Å². The molecule has 0 saturated carbocycles. The second-order valence-electron chi connectivity index (χ2n) is 7.22. The summed E-state index contributed by atoms with van der Waals surface area (Å²) in [6.45, 7) is 0. The van der Waals surface area contributed by atoms with E-state index in [-0.39, 0.29) is 0 Å². The SMILES string of the molecule is C#CC(OC(C#C)(c1ccccc1)c1ccccc1)(c1ccccc1)c1ccccc1. The largest absolute Gasteiger partial charge is 0.326 e. The maximum atomic E-state index is 7.00. The Labute approximate surface area is 184 Å². The molecule has 148 valence electrons. The Morgan fingerprint density at radius 1 is 0.419 bits per heavy atom. The molecule has 0 fully saturated rings. The molecular weight excluding hydrogens is 376 g/mol. The molecule has 1 nitrogen and oxygen atoms in total. The lowest BCUT2D eigenvalue weighted by Crippen LogP contribution is -2.41. The molecule has 0 bridgehead atoms. The minimum atomic E-state index is -1.19. The highest BCUT2D eigenvalue weighted by Gasteiger charge is 2.45. The van der Waals surface area contributed by atoms with E-state index in [1.54, 1.807) is 0 Å². The van der Waals surface area contributed by atoms with Gasteiger partial charge in [-0.05, 0) is 0 Å². The van der Waals surface area contributed by atoms with Crippen LogP contribution in [0.3, 0.4) is 0 Å². The fourth-order valence-corrected chi connectivity index (χ4v) is 3.88. The van der Waals surface area contributed by atoms with Crippen LogP contribution in [-0.2, 0) is 15.9 Å². The van der Waals surface area contributed by atoms with E-state index >= 15 is 0 Å². The second kappa shape index (κ2) is 8.76. The van der Waals surface area contributed by atoms with Crippen LogP contribution in [0.1, 0.15) is 22.3 Å². The zero-order valence-electron chi connectivity index (χ0n) is 17.1. The summed E-state index contributed by atoms with van der Waals surface area (Å²) in [6, 6.07) is 39.3. The molecule has 4 aromatic rings. The van der Waals surface area contributed by atoms with Crippen LogP contribution in [0.2, 0.25) is 0 Å². The van der Waals surface area contributed by atoms with Crippen molar-refractivity contribution in [3.63, 3.8) is 0 Å². The van der Waals surface area contributed by atoms with E-state index in [1.165, 1.54) is 0 Å². The van der Waals surface area contributed by atoms with Gasteiger partial charge in [-0.25, -0.2) is 0 Å². The molecule has 31 heavy (non-hydrogen) atoms. The Kier molecular flexibility index (Phi) is 5.72. The molecule has 0 aliphatic carbocycles. The first-order chi connectivity index (χ1) is 15.2. The minimum absolute atomic E-state index is 0.843. The van der Waals surface area contributed by atoms with Crippen LogP contribution in [0.25, 0.3) is 0 Å². The predicted molar refractivity (Wildman–Crippen MR) is 126 cm³/mol. The van der Waals surface area contributed by atoms with Crippen LogP contribution in [-0.4, -0.2) is 0 Å². The summed E-state index contributed by atoms with van der Waals surface area (Å²) in [7, 11) is 0. The molecule has 0 unspecified atom stereocenters. The number of benzene rings is 4. The van der Waals surface area contributed by atoms with Crippen LogP contribution in [0.5, 0.6) is 0 Å². The molecule has 0 N–H and O–H groups in total. The van der Waals surface area contributed by atoms with Gasteiger partial charge in [0.25, 0.3) is 0 Å². The van der Waals surface area contributed by atoms with Gasteiger partial charge in [-0.3, -0.25) is 0 Å². The highest BCUT2D eigenvalue weighted by atomic mass is 16.5. The normalized spacial score (nSPS) is 11.3. The number of rotatable bonds is 6. The van der Waals surface area contributed by atoms with Crippen molar-refractivity contribution in [2.24, 2.45) is 0 Å². The molecule has 1 heteroatoms. The lowest BCUT2D eigenvalue weighted by molar-refractivity contribution is -0.0604. The van der Waals surface area contributed by atoms with Crippen LogP contribution < -0.4 is 0 Å². The number of hydrogen-bond acceptors (Lipinski definition) is 1. The van der Waals surface area contributed by atoms with E-state index in [4.69, 9.17) is 17.6 Å². The van der Waals surface area contributed by atoms with Crippen LogP contribution in [0.4, 0.5) is 0 Å². The van der Waals surface area contributed by atoms with Crippen LogP contribution >= 0.6 is 0 Å². The highest BCUT2D eigenvalue weighted by molar-refractivity contribution is 5.49. The first-order valence-electron chi connectivity index (χ1n) is 10.1. The van der Waals surface area contributed by atoms with Gasteiger partial charge in [-0.1, -0.05) is 133 Å². The summed E-state index contributed by atoms with van der Waals surface area (Å²) in [5.74, 6) is 5.92. The average molecular weight is 399 g/mol. The van der Waals surface area contributed by atoms with Gasteiger partial charge in [0, 0.05) is 22.3 Å². The summed E-state index contributed by atoms with van der Waals surface area (Å²) >= 11 is 0. The topological polar surface area (TPSA) is 9.23 Å². The van der Waals surface area contributed by atoms with E-state index in [0.29, 0.717) is 0 Å². The molecule has 0 aliphatic rings. The van der Waals surface area contributed by atoms with Crippen molar-refractivity contribution in [2.45, 2.75) is 11.2 Å². The van der Waals surface area contributed by atoms with Gasteiger partial charge in [0.15, 0.2) is 11.2 Å². The Morgan fingerprint density at radius 2 is 0.645 bits per heavy atom. The quantitative estimate of drug-likeness (QED) is 0.354. The van der Waals surface area contributed by atoms with Gasteiger partial charge in [0.05, 0.1) is 0 Å². The van der Waals surface area contributed by atoms with E-state index in [9.17, 15) is 0 Å². The number of ether oxygens (including phenoxy) is 1. The first kappa shape index (κ1) is 20.2. The fraction of sp³-hybridized carbons (Fsp3) is 0.0667. The Bertz CT molecular complexity index is 1020. The van der Waals surface area contributed by atoms with Crippen molar-refractivity contribution in [1.29, 1.82) is 0 Å². The number of hydrogen-bond donors (Lipinski definition) is 0. The van der Waals surface area contributed by atoms with Crippen molar-refractivity contribution < 1.29 is 4.74 Å². The minimum Gasteiger partial charge on any atom is -0.326 e. The molecule has 4 aromatic carbocycles. The van der Waals surface area contributed by atoms with Crippen LogP contribution in [0.15, 0.2) is 121 Å². The lowest BCUT2D eigenvalue weighted by atomic mass is 9.82. The molecule has 0 saturated heterocycles. The average Bonchev–Trinajstić information content (AvgIpc) is 2.87. The molecule has 0 spiro atoms. The lowest BCUT2D eigenvalue weighted by Gasteiger charge is -2.40. The summed E-state index contributed by atoms with van der Waals surface area (Å²) in [5.41, 5.74) is 0.983. The molecular formula is C30H22O. The Balaban J connectivity index is 2.01. The van der Waals surface area contributed by atoms with Crippen molar-refractivity contribution in [2.75, 3.05) is 0 Å². The summed E-state index contributed by atoms with van der Waals surface area (Å²) in [5, 5.41) is 0. The smallest absolute Gasteiger partial charge is 0.182 e. The molecule has 0 aliphatic heterocycles. The third-order valence-corrected chi connectivity index (χ3v) is 5.43. The molecule has 0 radical (unpaired) electrons. The van der Waals surface area contributed by atoms with Crippen molar-refractivity contribution in [1.82, 2.24) is 0 Å². The van der Waals surface area contributed by atoms with Gasteiger partial charge >= 0.3 is 0 Å². The molecule has 4 rings (SSSR count). The summed E-state index contributed by atoms with van der Waals surface area (Å²) < 4.78 is 7.00. The summed E-state index contributed by atoms with van der Waals surface area (Å²) in [6.07, 6.45) is 12.5. The molecule has 0 heterocycles. The van der Waals surface area contributed by atoms with Gasteiger partial charge in [-0.2, -0.15) is 0 Å². The molecule has 0 amide bonds. The van der Waals surface area contributed by atoms with E-state index < -0.39 is 11.2 Å². The van der Waals surface area contributed by atoms with Crippen molar-refractivity contribution in [3.05, 3.63) is 144 Å². The zero-order valence-corrected chi connectivity index (χ0v) is 17.1. The third kappa shape index (κ3) is 3.64. The second-order valence-corrected chi connectivity index (χ2v) is 7.22. The maximum absolute atomic E-state index is 7.00. The van der Waals surface area contributed by atoms with E-state index in [1.807, 2.05) is 121 Å². The third-order valence-electron chi connectivity index (χ3n) is 5.43. The molecule has 0 atom stereocenters. The van der Waals surface area contributed by atoms with E-state index in [2.05, 4.69) is 11.8 Å². The Morgan fingerprint density at radius 3 is 0.839 bits per heavy atom. The first-order valence-corrected chi connectivity index (χ1v) is 10.1. The van der Waals surface area contributed by atoms with Crippen molar-refractivity contribution in [3.8, 4) is 24.7 Å². The fourth-order valence-electron chi connectivity index (χ4n) is 3.88. The maximum Gasteiger partial charge on any atom is 0.182 e. The standard InChI is InChI=1S/C30H22O/c1-3-29(25-17-9-5-10-18-25,26-19-11-6-12-20-26)31-30(4-2,27-21-13-7-14-22-27)28-23-15-8-16-24-28/h1-2,5-24H. The van der Waals surface area contributed by atoms with Gasteiger partial charge in [-0.15, -0.1) is 12.8 Å². The Hall–Kier alpha value is -4.04. The van der Waals surface area contributed by atoms with Gasteiger partial charge < -0.3 is 4.74 Å². The number of terminal acetylenes is 2. The highest BCUT2D eigenvalue weighted by Crippen LogP contribution is 2.44.